The van der Waals surface area contributed by atoms with Gasteiger partial charge in [-0.1, -0.05) is 60.7 Å². The molecule has 5 rings (SSSR count). The first kappa shape index (κ1) is 23.9. The van der Waals surface area contributed by atoms with Crippen LogP contribution in [0.25, 0.3) is 27.8 Å². The molecule has 0 aliphatic carbocycles. The fourth-order valence-electron chi connectivity index (χ4n) is 4.33. The number of carbonyl (C=O) groups is 1. The molecule has 1 heterocycles. The van der Waals surface area contributed by atoms with Gasteiger partial charge in [0.2, 0.25) is 0 Å². The summed E-state index contributed by atoms with van der Waals surface area (Å²) >= 11 is 0. The maximum absolute atomic E-state index is 13.0. The molecule has 182 valence electrons. The average molecular weight is 496 g/mol. The second-order valence-electron chi connectivity index (χ2n) is 8.61. The van der Waals surface area contributed by atoms with E-state index in [0.29, 0.717) is 12.1 Å². The summed E-state index contributed by atoms with van der Waals surface area (Å²) in [6.45, 7) is 0.581. The number of rotatable bonds is 5. The lowest BCUT2D eigenvalue weighted by molar-refractivity contribution is -0.137. The summed E-state index contributed by atoms with van der Waals surface area (Å²) < 4.78 is 41.1. The fraction of sp³-hybridized carbons (Fsp3) is 0.0667. The Balaban J connectivity index is 1.46. The van der Waals surface area contributed by atoms with Gasteiger partial charge in [0.25, 0.3) is 5.91 Å². The quantitative estimate of drug-likeness (QED) is 0.204. The van der Waals surface area contributed by atoms with Crippen LogP contribution in [0.15, 0.2) is 103 Å². The molecule has 0 aliphatic rings. The highest BCUT2D eigenvalue weighted by molar-refractivity contribution is 6.10. The summed E-state index contributed by atoms with van der Waals surface area (Å²) in [7, 11) is 0. The van der Waals surface area contributed by atoms with Gasteiger partial charge in [0, 0.05) is 34.9 Å². The highest BCUT2D eigenvalue weighted by Gasteiger charge is 2.30. The molecule has 37 heavy (non-hydrogen) atoms. The van der Waals surface area contributed by atoms with E-state index in [1.165, 1.54) is 18.2 Å². The Kier molecular flexibility index (Phi) is 6.24. The first-order valence-corrected chi connectivity index (χ1v) is 11.5. The van der Waals surface area contributed by atoms with Crippen LogP contribution in [-0.4, -0.2) is 10.5 Å². The largest absolute Gasteiger partial charge is 0.416 e. The van der Waals surface area contributed by atoms with Crippen LogP contribution in [0.5, 0.6) is 0 Å². The predicted molar refractivity (Wildman–Crippen MR) is 139 cm³/mol. The standard InChI is InChI=1S/C30H20F3N3O/c31-30(32,33)25-8-5-9-26(16-25)35-29(37)23(17-34)15-24-19-36(28-11-4-3-10-27(24)28)18-20-12-13-21-6-1-2-7-22(21)14-20/h1-16,19H,18H2,(H,35,37)/b23-15-. The second-order valence-corrected chi connectivity index (χ2v) is 8.61. The smallest absolute Gasteiger partial charge is 0.342 e. The van der Waals surface area contributed by atoms with Gasteiger partial charge in [-0.05, 0) is 52.7 Å². The molecule has 4 aromatic carbocycles. The summed E-state index contributed by atoms with van der Waals surface area (Å²) in [5, 5.41) is 15.2. The number of hydrogen-bond acceptors (Lipinski definition) is 2. The number of nitrogens with zero attached hydrogens (tertiary/aromatic N) is 2. The lowest BCUT2D eigenvalue weighted by atomic mass is 10.1. The van der Waals surface area contributed by atoms with Gasteiger partial charge in [-0.3, -0.25) is 4.79 Å². The zero-order valence-electron chi connectivity index (χ0n) is 19.5. The number of nitriles is 1. The fourth-order valence-corrected chi connectivity index (χ4v) is 4.33. The van der Waals surface area contributed by atoms with Crippen LogP contribution in [0.1, 0.15) is 16.7 Å². The number of amides is 1. The van der Waals surface area contributed by atoms with Crippen molar-refractivity contribution in [3.8, 4) is 6.07 Å². The zero-order chi connectivity index (χ0) is 26.0. The molecule has 0 radical (unpaired) electrons. The van der Waals surface area contributed by atoms with Gasteiger partial charge in [0.15, 0.2) is 0 Å². The van der Waals surface area contributed by atoms with Crippen molar-refractivity contribution in [2.75, 3.05) is 5.32 Å². The SMILES string of the molecule is N#C/C(=C/c1cn(Cc2ccc3ccccc3c2)c2ccccc12)C(=O)Nc1cccc(C(F)(F)F)c1. The van der Waals surface area contributed by atoms with Crippen molar-refractivity contribution in [2.24, 2.45) is 0 Å². The zero-order valence-corrected chi connectivity index (χ0v) is 19.5. The average Bonchev–Trinajstić information content (AvgIpc) is 3.23. The number of para-hydroxylation sites is 1. The Morgan fingerprint density at radius 3 is 2.46 bits per heavy atom. The van der Waals surface area contributed by atoms with E-state index in [9.17, 15) is 23.2 Å². The van der Waals surface area contributed by atoms with E-state index in [2.05, 4.69) is 35.6 Å². The number of halogens is 3. The molecule has 0 spiro atoms. The maximum Gasteiger partial charge on any atom is 0.416 e. The molecule has 4 nitrogen and oxygen atoms in total. The van der Waals surface area contributed by atoms with E-state index < -0.39 is 17.6 Å². The van der Waals surface area contributed by atoms with Gasteiger partial charge in [-0.25, -0.2) is 0 Å². The van der Waals surface area contributed by atoms with Crippen molar-refractivity contribution in [2.45, 2.75) is 12.7 Å². The number of benzene rings is 4. The summed E-state index contributed by atoms with van der Waals surface area (Å²) in [6, 6.07) is 28.2. The van der Waals surface area contributed by atoms with Crippen LogP contribution >= 0.6 is 0 Å². The Hall–Kier alpha value is -4.83. The molecule has 0 unspecified atom stereocenters. The Labute approximate surface area is 210 Å². The minimum atomic E-state index is -4.54. The number of hydrogen-bond donors (Lipinski definition) is 1. The molecule has 0 atom stereocenters. The molecule has 5 aromatic rings. The van der Waals surface area contributed by atoms with Crippen molar-refractivity contribution < 1.29 is 18.0 Å². The first-order valence-electron chi connectivity index (χ1n) is 11.5. The van der Waals surface area contributed by atoms with Gasteiger partial charge >= 0.3 is 6.18 Å². The molecule has 1 aromatic heterocycles. The molecule has 1 N–H and O–H groups in total. The summed E-state index contributed by atoms with van der Waals surface area (Å²) in [4.78, 5) is 12.8. The molecule has 0 fully saturated rings. The normalized spacial score (nSPS) is 12.0. The Morgan fingerprint density at radius 2 is 1.68 bits per heavy atom. The number of aromatic nitrogens is 1. The van der Waals surface area contributed by atoms with Crippen LogP contribution in [0.3, 0.4) is 0 Å². The topological polar surface area (TPSA) is 57.8 Å². The van der Waals surface area contributed by atoms with Gasteiger partial charge in [-0.15, -0.1) is 0 Å². The molecule has 0 saturated heterocycles. The molecular formula is C30H20F3N3O. The van der Waals surface area contributed by atoms with Gasteiger partial charge in [0.05, 0.1) is 5.56 Å². The Morgan fingerprint density at radius 1 is 0.919 bits per heavy atom. The number of alkyl halides is 3. The predicted octanol–water partition coefficient (Wildman–Crippen LogP) is 7.41. The second kappa shape index (κ2) is 9.67. The third-order valence-electron chi connectivity index (χ3n) is 6.10. The highest BCUT2D eigenvalue weighted by atomic mass is 19.4. The number of nitrogens with one attached hydrogen (secondary N) is 1. The number of anilines is 1. The van der Waals surface area contributed by atoms with E-state index in [0.717, 1.165) is 39.4 Å². The molecule has 1 amide bonds. The van der Waals surface area contributed by atoms with Crippen LogP contribution in [-0.2, 0) is 17.5 Å². The summed E-state index contributed by atoms with van der Waals surface area (Å²) in [5.41, 5.74) is 1.54. The molecule has 0 saturated carbocycles. The number of carbonyl (C=O) groups excluding carboxylic acids is 1. The van der Waals surface area contributed by atoms with Crippen LogP contribution in [0.4, 0.5) is 18.9 Å². The van der Waals surface area contributed by atoms with E-state index in [1.807, 2.05) is 53.2 Å². The van der Waals surface area contributed by atoms with Crippen molar-refractivity contribution in [1.82, 2.24) is 4.57 Å². The van der Waals surface area contributed by atoms with Crippen molar-refractivity contribution >= 4 is 39.3 Å². The van der Waals surface area contributed by atoms with Crippen LogP contribution < -0.4 is 5.32 Å². The lowest BCUT2D eigenvalue weighted by Crippen LogP contribution is -2.14. The van der Waals surface area contributed by atoms with E-state index in [4.69, 9.17) is 0 Å². The molecule has 0 bridgehead atoms. The van der Waals surface area contributed by atoms with Crippen molar-refractivity contribution in [1.29, 1.82) is 5.26 Å². The van der Waals surface area contributed by atoms with Gasteiger partial charge in [-0.2, -0.15) is 18.4 Å². The first-order chi connectivity index (χ1) is 17.8. The molecular weight excluding hydrogens is 475 g/mol. The third kappa shape index (κ3) is 5.09. The van der Waals surface area contributed by atoms with Crippen molar-refractivity contribution in [3.63, 3.8) is 0 Å². The van der Waals surface area contributed by atoms with Crippen LogP contribution in [0.2, 0.25) is 0 Å². The van der Waals surface area contributed by atoms with Crippen LogP contribution in [0, 0.1) is 11.3 Å². The van der Waals surface area contributed by atoms with E-state index in [-0.39, 0.29) is 11.3 Å². The maximum atomic E-state index is 13.0. The van der Waals surface area contributed by atoms with E-state index >= 15 is 0 Å². The van der Waals surface area contributed by atoms with Crippen molar-refractivity contribution in [3.05, 3.63) is 119 Å². The minimum Gasteiger partial charge on any atom is -0.342 e. The summed E-state index contributed by atoms with van der Waals surface area (Å²) in [6.07, 6.45) is -1.21. The number of fused-ring (bicyclic) bond motifs is 2. The molecule has 0 aliphatic heterocycles. The lowest BCUT2D eigenvalue weighted by Gasteiger charge is -2.09. The minimum absolute atomic E-state index is 0.0419. The van der Waals surface area contributed by atoms with Gasteiger partial charge < -0.3 is 9.88 Å². The Bertz CT molecular complexity index is 1710. The van der Waals surface area contributed by atoms with E-state index in [1.54, 1.807) is 0 Å². The van der Waals surface area contributed by atoms with Gasteiger partial charge in [0.1, 0.15) is 11.6 Å². The summed E-state index contributed by atoms with van der Waals surface area (Å²) in [5.74, 6) is -0.784. The molecule has 7 heteroatoms. The highest BCUT2D eigenvalue weighted by Crippen LogP contribution is 2.31. The monoisotopic (exact) mass is 495 g/mol. The third-order valence-corrected chi connectivity index (χ3v) is 6.10.